The minimum atomic E-state index is 0.0382. The maximum atomic E-state index is 12.4. The lowest BCUT2D eigenvalue weighted by atomic mass is 9.89. The molecule has 1 fully saturated rings. The fraction of sp³-hybridized carbons (Fsp3) is 0.538. The number of benzene rings is 2. The predicted octanol–water partition coefficient (Wildman–Crippen LogP) is 6.33. The first kappa shape index (κ1) is 36.3. The molecule has 1 aliphatic carbocycles. The number of hydrogen-bond donors (Lipinski definition) is 2. The van der Waals surface area contributed by atoms with Crippen LogP contribution in [-0.2, 0) is 24.1 Å². The van der Waals surface area contributed by atoms with Crippen LogP contribution in [0.1, 0.15) is 63.6 Å². The van der Waals surface area contributed by atoms with Gasteiger partial charge in [0.05, 0.1) is 0 Å². The van der Waals surface area contributed by atoms with Crippen LogP contribution in [-0.4, -0.2) is 80.3 Å². The average molecular weight is 614 g/mol. The molecule has 1 amide bonds. The summed E-state index contributed by atoms with van der Waals surface area (Å²) in [7, 11) is 1.75. The van der Waals surface area contributed by atoms with Gasteiger partial charge in [-0.25, -0.2) is 0 Å². The highest BCUT2D eigenvalue weighted by molar-refractivity contribution is 5.79. The number of nitrogens with zero attached hydrogens (tertiary/aromatic N) is 3. The Morgan fingerprint density at radius 2 is 1.60 bits per heavy atom. The molecule has 0 aromatic heterocycles. The van der Waals surface area contributed by atoms with Gasteiger partial charge in [-0.2, -0.15) is 0 Å². The van der Waals surface area contributed by atoms with E-state index in [9.17, 15) is 4.79 Å². The summed E-state index contributed by atoms with van der Waals surface area (Å²) < 4.78 is 0. The highest BCUT2D eigenvalue weighted by Gasteiger charge is 2.24. The number of dihydropyridines is 1. The molecular formula is C39H59N5O. The van der Waals surface area contributed by atoms with E-state index in [4.69, 9.17) is 0 Å². The van der Waals surface area contributed by atoms with Gasteiger partial charge < -0.3 is 15.5 Å². The molecule has 6 heteroatoms. The number of hydrogen-bond acceptors (Lipinski definition) is 5. The van der Waals surface area contributed by atoms with Crippen molar-refractivity contribution < 1.29 is 4.79 Å². The number of aliphatic imine (C=N–C) groups is 1. The van der Waals surface area contributed by atoms with E-state index >= 15 is 0 Å². The fourth-order valence-corrected chi connectivity index (χ4v) is 6.26. The van der Waals surface area contributed by atoms with Crippen LogP contribution in [0.2, 0.25) is 0 Å². The summed E-state index contributed by atoms with van der Waals surface area (Å²) >= 11 is 0. The zero-order valence-corrected chi connectivity index (χ0v) is 28.7. The third-order valence-corrected chi connectivity index (χ3v) is 8.54. The van der Waals surface area contributed by atoms with Crippen molar-refractivity contribution in [3.8, 4) is 0 Å². The highest BCUT2D eigenvalue weighted by atomic mass is 16.1. The molecule has 0 spiro atoms. The number of nitrogens with one attached hydrogen (secondary N) is 2. The number of aryl methyl sites for hydroxylation is 2. The number of amides is 1. The Balaban J connectivity index is 0.000000279. The van der Waals surface area contributed by atoms with Crippen molar-refractivity contribution in [2.45, 2.75) is 71.8 Å². The highest BCUT2D eigenvalue weighted by Crippen LogP contribution is 2.21. The summed E-state index contributed by atoms with van der Waals surface area (Å²) in [5, 5.41) is 5.91. The van der Waals surface area contributed by atoms with Crippen molar-refractivity contribution in [2.24, 2.45) is 16.8 Å². The first-order chi connectivity index (χ1) is 21.7. The first-order valence-electron chi connectivity index (χ1n) is 17.0. The molecule has 2 aromatic rings. The third-order valence-electron chi connectivity index (χ3n) is 8.54. The van der Waals surface area contributed by atoms with Crippen LogP contribution in [0.4, 0.5) is 0 Å². The molecular weight excluding hydrogens is 554 g/mol. The molecule has 0 bridgehead atoms. The van der Waals surface area contributed by atoms with Crippen molar-refractivity contribution in [1.82, 2.24) is 20.4 Å². The molecule has 2 N–H and O–H groups in total. The lowest BCUT2D eigenvalue weighted by Gasteiger charge is -2.36. The normalized spacial score (nSPS) is 17.8. The molecule has 2 atom stereocenters. The lowest BCUT2D eigenvalue weighted by Crippen LogP contribution is -2.48. The largest absolute Gasteiger partial charge is 0.387 e. The van der Waals surface area contributed by atoms with Crippen molar-refractivity contribution in [3.63, 3.8) is 0 Å². The molecule has 3 aliphatic rings. The average Bonchev–Trinajstić information content (AvgIpc) is 3.52. The van der Waals surface area contributed by atoms with Crippen LogP contribution < -0.4 is 10.6 Å². The van der Waals surface area contributed by atoms with Crippen LogP contribution in [0.25, 0.3) is 0 Å². The molecule has 5 rings (SSSR count). The summed E-state index contributed by atoms with van der Waals surface area (Å²) in [4.78, 5) is 21.9. The van der Waals surface area contributed by atoms with Crippen LogP contribution in [0.3, 0.4) is 0 Å². The maximum Gasteiger partial charge on any atom is 0.223 e. The number of piperazine rings is 1. The van der Waals surface area contributed by atoms with E-state index in [2.05, 4.69) is 102 Å². The molecule has 45 heavy (non-hydrogen) atoms. The smallest absolute Gasteiger partial charge is 0.223 e. The van der Waals surface area contributed by atoms with E-state index < -0.39 is 0 Å². The Labute approximate surface area is 274 Å². The second-order valence-electron chi connectivity index (χ2n) is 13.7. The van der Waals surface area contributed by atoms with Gasteiger partial charge in [-0.1, -0.05) is 74.2 Å². The van der Waals surface area contributed by atoms with Gasteiger partial charge in [0.15, 0.2) is 0 Å². The van der Waals surface area contributed by atoms with Gasteiger partial charge in [0.2, 0.25) is 5.91 Å². The Hall–Kier alpha value is -3.22. The Morgan fingerprint density at radius 3 is 2.13 bits per heavy atom. The zero-order valence-electron chi connectivity index (χ0n) is 28.7. The monoisotopic (exact) mass is 613 g/mol. The van der Waals surface area contributed by atoms with Crippen molar-refractivity contribution in [1.29, 1.82) is 0 Å². The molecule has 0 radical (unpaired) electrons. The van der Waals surface area contributed by atoms with Crippen molar-refractivity contribution in [3.05, 3.63) is 95.7 Å². The minimum absolute atomic E-state index is 0.0382. The number of rotatable bonds is 10. The van der Waals surface area contributed by atoms with Crippen molar-refractivity contribution >= 4 is 12.1 Å². The number of carbonyl (C=O) groups excluding carboxylic acids is 1. The van der Waals surface area contributed by atoms with E-state index in [1.54, 1.807) is 24.4 Å². The van der Waals surface area contributed by atoms with Gasteiger partial charge in [-0.15, -0.1) is 0 Å². The first-order valence-corrected chi connectivity index (χ1v) is 17.0. The summed E-state index contributed by atoms with van der Waals surface area (Å²) in [6.07, 6.45) is 12.9. The standard InChI is InChI=1S/C24H36N4O.C9H10.C6H13N/c1-20(15-23(24(29)25-2)16-21-7-4-3-5-8-21)18-27-11-13-28(14-12-27)19-22-9-6-10-26-17-22;1-2-5-9-7-3-6-8(9)4-1;1-5-7-6(2,3)4/h3-5,7-9,17,20,23H,6,10-16,18-19H2,1-2H3,(H,25,29);1-2,4-5H,3,6-7H2;5,7H,1H2,2-4H3. The third kappa shape index (κ3) is 14.2. The van der Waals surface area contributed by atoms with Crippen LogP contribution >= 0.6 is 0 Å². The maximum absolute atomic E-state index is 12.4. The molecule has 246 valence electrons. The predicted molar refractivity (Wildman–Crippen MR) is 192 cm³/mol. The van der Waals surface area contributed by atoms with Gasteiger partial charge in [0, 0.05) is 70.5 Å². The van der Waals surface area contributed by atoms with Crippen LogP contribution in [0.5, 0.6) is 0 Å². The molecule has 0 saturated carbocycles. The van der Waals surface area contributed by atoms with Gasteiger partial charge in [-0.05, 0) is 93.7 Å². The number of carbonyl (C=O) groups is 1. The van der Waals surface area contributed by atoms with E-state index in [-0.39, 0.29) is 17.4 Å². The second-order valence-corrected chi connectivity index (χ2v) is 13.7. The van der Waals surface area contributed by atoms with Gasteiger partial charge >= 0.3 is 0 Å². The quantitative estimate of drug-likeness (QED) is 0.329. The molecule has 2 aliphatic heterocycles. The van der Waals surface area contributed by atoms with Gasteiger partial charge in [0.25, 0.3) is 0 Å². The Bertz CT molecular complexity index is 1180. The Morgan fingerprint density at radius 1 is 0.978 bits per heavy atom. The molecule has 2 unspecified atom stereocenters. The Kier molecular flexibility index (Phi) is 15.6. The summed E-state index contributed by atoms with van der Waals surface area (Å²) in [6.45, 7) is 19.6. The molecule has 6 nitrogen and oxygen atoms in total. The van der Waals surface area contributed by atoms with E-state index in [1.807, 2.05) is 24.4 Å². The van der Waals surface area contributed by atoms with Gasteiger partial charge in [-0.3, -0.25) is 14.7 Å². The van der Waals surface area contributed by atoms with E-state index in [0.717, 1.165) is 65.1 Å². The van der Waals surface area contributed by atoms with Crippen LogP contribution in [0, 0.1) is 11.8 Å². The van der Waals surface area contributed by atoms with E-state index in [1.165, 1.54) is 30.4 Å². The summed E-state index contributed by atoms with van der Waals surface area (Å²) in [5.41, 5.74) is 5.92. The number of fused-ring (bicyclic) bond motifs is 1. The SMILES string of the molecule is C=CNC(C)(C)C.CNC(=O)C(Cc1ccccc1)CC(C)CN1CCN(CC2=CCCN=C2)CC1.c1ccc2c(c1)CCC2. The van der Waals surface area contributed by atoms with E-state index in [0.29, 0.717) is 5.92 Å². The van der Waals surface area contributed by atoms with Crippen molar-refractivity contribution in [2.75, 3.05) is 52.9 Å². The molecule has 1 saturated heterocycles. The minimum Gasteiger partial charge on any atom is -0.387 e. The summed E-state index contributed by atoms with van der Waals surface area (Å²) in [5.74, 6) is 0.699. The van der Waals surface area contributed by atoms with Crippen LogP contribution in [0.15, 0.2) is 84.0 Å². The topological polar surface area (TPSA) is 60.0 Å². The van der Waals surface area contributed by atoms with Gasteiger partial charge in [0.1, 0.15) is 0 Å². The molecule has 2 heterocycles. The summed E-state index contributed by atoms with van der Waals surface area (Å²) in [6, 6.07) is 19.1. The fourth-order valence-electron chi connectivity index (χ4n) is 6.26. The second kappa shape index (κ2) is 19.3. The zero-order chi connectivity index (χ0) is 32.5. The molecule has 2 aromatic carbocycles. The lowest BCUT2D eigenvalue weighted by molar-refractivity contribution is -0.125.